The largest absolute Gasteiger partial charge is 0.469 e. The molecule has 16 heavy (non-hydrogen) atoms. The van der Waals surface area contributed by atoms with Crippen molar-refractivity contribution in [3.63, 3.8) is 0 Å². The average molecular weight is 223 g/mol. The molecule has 0 aliphatic heterocycles. The number of methoxy groups -OCH3 is 1. The molecule has 0 aliphatic rings. The second kappa shape index (κ2) is 5.46. The average Bonchev–Trinajstić information content (AvgIpc) is 2.30. The number of pyridine rings is 1. The summed E-state index contributed by atoms with van der Waals surface area (Å²) >= 11 is 0. The number of aromatic nitrogens is 1. The van der Waals surface area contributed by atoms with Crippen LogP contribution in [-0.2, 0) is 9.53 Å². The Balaban J connectivity index is 2.90. The zero-order valence-corrected chi connectivity index (χ0v) is 9.80. The van der Waals surface area contributed by atoms with E-state index in [1.807, 2.05) is 31.1 Å². The quantitative estimate of drug-likeness (QED) is 0.746. The van der Waals surface area contributed by atoms with E-state index in [0.717, 1.165) is 11.4 Å². The molecule has 1 aromatic rings. The summed E-state index contributed by atoms with van der Waals surface area (Å²) in [6, 6.07) is 3.69. The third-order valence-electron chi connectivity index (χ3n) is 2.35. The van der Waals surface area contributed by atoms with Gasteiger partial charge >= 0.3 is 5.97 Å². The maximum atomic E-state index is 11.4. The van der Waals surface area contributed by atoms with E-state index in [4.69, 9.17) is 5.73 Å². The van der Waals surface area contributed by atoms with Gasteiger partial charge in [0.05, 0.1) is 13.0 Å². The van der Waals surface area contributed by atoms with Gasteiger partial charge in [-0.2, -0.15) is 0 Å². The summed E-state index contributed by atoms with van der Waals surface area (Å²) in [5.74, 6) is 0.0694. The van der Waals surface area contributed by atoms with Crippen molar-refractivity contribution in [2.75, 3.05) is 32.6 Å². The van der Waals surface area contributed by atoms with Crippen molar-refractivity contribution in [3.8, 4) is 0 Å². The van der Waals surface area contributed by atoms with Gasteiger partial charge in [0.2, 0.25) is 0 Å². The summed E-state index contributed by atoms with van der Waals surface area (Å²) in [7, 11) is 5.16. The van der Waals surface area contributed by atoms with Gasteiger partial charge in [0.15, 0.2) is 0 Å². The van der Waals surface area contributed by atoms with Crippen LogP contribution < -0.4 is 10.6 Å². The summed E-state index contributed by atoms with van der Waals surface area (Å²) in [6.45, 7) is 0.218. The Labute approximate surface area is 95.2 Å². The van der Waals surface area contributed by atoms with Crippen molar-refractivity contribution in [1.82, 2.24) is 4.98 Å². The van der Waals surface area contributed by atoms with Crippen LogP contribution in [0.15, 0.2) is 18.3 Å². The normalized spacial score (nSPS) is 12.0. The second-order valence-corrected chi connectivity index (χ2v) is 3.66. The Bertz CT molecular complexity index is 349. The van der Waals surface area contributed by atoms with Crippen molar-refractivity contribution in [2.24, 2.45) is 5.73 Å². The molecule has 1 rings (SSSR count). The first-order valence-corrected chi connectivity index (χ1v) is 5.01. The number of carbonyl (C=O) groups is 1. The van der Waals surface area contributed by atoms with E-state index in [1.165, 1.54) is 7.11 Å². The van der Waals surface area contributed by atoms with Crippen molar-refractivity contribution < 1.29 is 9.53 Å². The molecule has 88 valence electrons. The number of esters is 1. The molecule has 0 saturated heterocycles. The van der Waals surface area contributed by atoms with Gasteiger partial charge in [-0.05, 0) is 11.6 Å². The summed E-state index contributed by atoms with van der Waals surface area (Å²) < 4.78 is 4.68. The number of anilines is 1. The molecular formula is C11H17N3O2. The van der Waals surface area contributed by atoms with Gasteiger partial charge in [-0.3, -0.25) is 4.79 Å². The Hall–Kier alpha value is -1.62. The van der Waals surface area contributed by atoms with E-state index in [1.54, 1.807) is 6.20 Å². The molecule has 1 heterocycles. The van der Waals surface area contributed by atoms with Crippen molar-refractivity contribution in [2.45, 2.75) is 5.92 Å². The first kappa shape index (κ1) is 12.4. The highest BCUT2D eigenvalue weighted by atomic mass is 16.5. The van der Waals surface area contributed by atoms with Crippen LogP contribution in [0.4, 0.5) is 5.82 Å². The van der Waals surface area contributed by atoms with Crippen LogP contribution >= 0.6 is 0 Å². The lowest BCUT2D eigenvalue weighted by Gasteiger charge is -2.15. The van der Waals surface area contributed by atoms with Gasteiger partial charge in [0.25, 0.3) is 0 Å². The molecule has 0 radical (unpaired) electrons. The fourth-order valence-corrected chi connectivity index (χ4v) is 1.38. The minimum atomic E-state index is -0.436. The third-order valence-corrected chi connectivity index (χ3v) is 2.35. The molecule has 1 aromatic heterocycles. The Kier molecular flexibility index (Phi) is 4.25. The van der Waals surface area contributed by atoms with Crippen molar-refractivity contribution in [1.29, 1.82) is 0 Å². The van der Waals surface area contributed by atoms with Gasteiger partial charge in [-0.25, -0.2) is 4.98 Å². The van der Waals surface area contributed by atoms with Crippen LogP contribution in [0.1, 0.15) is 11.5 Å². The zero-order valence-electron chi connectivity index (χ0n) is 9.80. The molecule has 0 saturated carbocycles. The van der Waals surface area contributed by atoms with E-state index in [0.29, 0.717) is 0 Å². The highest BCUT2D eigenvalue weighted by Crippen LogP contribution is 2.17. The van der Waals surface area contributed by atoms with Crippen LogP contribution in [0, 0.1) is 0 Å². The number of hydrogen-bond acceptors (Lipinski definition) is 5. The third kappa shape index (κ3) is 2.70. The summed E-state index contributed by atoms with van der Waals surface area (Å²) in [5, 5.41) is 0. The van der Waals surface area contributed by atoms with Gasteiger partial charge in [-0.1, -0.05) is 6.07 Å². The minimum absolute atomic E-state index is 0.218. The lowest BCUT2D eigenvalue weighted by Crippen LogP contribution is -2.23. The van der Waals surface area contributed by atoms with E-state index in [2.05, 4.69) is 9.72 Å². The molecule has 5 nitrogen and oxygen atoms in total. The highest BCUT2D eigenvalue weighted by molar-refractivity contribution is 5.78. The molecule has 0 aromatic carbocycles. The fourth-order valence-electron chi connectivity index (χ4n) is 1.38. The number of hydrogen-bond donors (Lipinski definition) is 1. The Morgan fingerprint density at radius 1 is 1.56 bits per heavy atom. The van der Waals surface area contributed by atoms with Crippen molar-refractivity contribution in [3.05, 3.63) is 23.9 Å². The molecule has 0 amide bonds. The first-order chi connectivity index (χ1) is 7.60. The van der Waals surface area contributed by atoms with Gasteiger partial charge in [-0.15, -0.1) is 0 Å². The molecule has 1 atom stereocenters. The Morgan fingerprint density at radius 3 is 2.62 bits per heavy atom. The maximum absolute atomic E-state index is 11.4. The number of nitrogens with two attached hydrogens (primary N) is 1. The van der Waals surface area contributed by atoms with E-state index in [-0.39, 0.29) is 12.5 Å². The Morgan fingerprint density at radius 2 is 2.25 bits per heavy atom. The summed E-state index contributed by atoms with van der Waals surface area (Å²) in [6.07, 6.45) is 1.66. The van der Waals surface area contributed by atoms with E-state index >= 15 is 0 Å². The predicted molar refractivity (Wildman–Crippen MR) is 62.4 cm³/mol. The monoisotopic (exact) mass is 223 g/mol. The van der Waals surface area contributed by atoms with E-state index in [9.17, 15) is 4.79 Å². The number of nitrogens with zero attached hydrogens (tertiary/aromatic N) is 2. The van der Waals surface area contributed by atoms with Crippen LogP contribution in [0.3, 0.4) is 0 Å². The molecule has 0 bridgehead atoms. The van der Waals surface area contributed by atoms with Gasteiger partial charge < -0.3 is 15.4 Å². The highest BCUT2D eigenvalue weighted by Gasteiger charge is 2.19. The lowest BCUT2D eigenvalue weighted by molar-refractivity contribution is -0.142. The molecule has 2 N–H and O–H groups in total. The second-order valence-electron chi connectivity index (χ2n) is 3.66. The van der Waals surface area contributed by atoms with Crippen LogP contribution in [0.25, 0.3) is 0 Å². The van der Waals surface area contributed by atoms with E-state index < -0.39 is 5.92 Å². The van der Waals surface area contributed by atoms with Crippen LogP contribution in [0.5, 0.6) is 0 Å². The van der Waals surface area contributed by atoms with Crippen molar-refractivity contribution >= 4 is 11.8 Å². The topological polar surface area (TPSA) is 68.5 Å². The van der Waals surface area contributed by atoms with Gasteiger partial charge in [0, 0.05) is 26.8 Å². The zero-order chi connectivity index (χ0) is 12.1. The standard InChI is InChI=1S/C11H17N3O2/c1-14(2)10-5-4-8(7-13-10)9(6-12)11(15)16-3/h4-5,7,9H,6,12H2,1-3H3. The molecule has 0 spiro atoms. The van der Waals surface area contributed by atoms with Crippen LogP contribution in [0.2, 0.25) is 0 Å². The molecule has 0 fully saturated rings. The summed E-state index contributed by atoms with van der Waals surface area (Å²) in [4.78, 5) is 17.5. The van der Waals surface area contributed by atoms with Gasteiger partial charge in [0.1, 0.15) is 5.82 Å². The molecule has 0 aliphatic carbocycles. The molecule has 5 heteroatoms. The number of ether oxygens (including phenoxy) is 1. The SMILES string of the molecule is COC(=O)C(CN)c1ccc(N(C)C)nc1. The molecular weight excluding hydrogens is 206 g/mol. The number of rotatable bonds is 4. The number of carbonyl (C=O) groups excluding carboxylic acids is 1. The lowest BCUT2D eigenvalue weighted by atomic mass is 10.0. The first-order valence-electron chi connectivity index (χ1n) is 5.01. The molecule has 1 unspecified atom stereocenters. The summed E-state index contributed by atoms with van der Waals surface area (Å²) in [5.41, 5.74) is 6.32. The maximum Gasteiger partial charge on any atom is 0.314 e. The smallest absolute Gasteiger partial charge is 0.314 e. The predicted octanol–water partition coefficient (Wildman–Crippen LogP) is 0.363. The fraction of sp³-hybridized carbons (Fsp3) is 0.455. The minimum Gasteiger partial charge on any atom is -0.469 e. The van der Waals surface area contributed by atoms with Crippen LogP contribution in [-0.4, -0.2) is 38.7 Å².